The van der Waals surface area contributed by atoms with Crippen molar-refractivity contribution in [2.24, 2.45) is 20.3 Å². The Kier molecular flexibility index (Phi) is 6.15. The number of amidine groups is 1. The number of hydrazone groups is 2. The summed E-state index contributed by atoms with van der Waals surface area (Å²) in [7, 11) is 3.47. The Labute approximate surface area is 198 Å². The van der Waals surface area contributed by atoms with Crippen LogP contribution in [0.15, 0.2) is 31.9 Å². The van der Waals surface area contributed by atoms with Gasteiger partial charge >= 0.3 is 0 Å². The molecule has 3 aliphatic heterocycles. The van der Waals surface area contributed by atoms with Crippen LogP contribution in [0, 0.1) is 13.8 Å². The molecule has 0 amide bonds. The number of hydrogen-bond acceptors (Lipinski definition) is 10. The zero-order valence-electron chi connectivity index (χ0n) is 19.7. The van der Waals surface area contributed by atoms with Gasteiger partial charge in [0.15, 0.2) is 5.84 Å². The molecular formula is C23H31N7O2S. The van der Waals surface area contributed by atoms with Gasteiger partial charge in [0.2, 0.25) is 0 Å². The van der Waals surface area contributed by atoms with Gasteiger partial charge in [-0.2, -0.15) is 19.7 Å². The summed E-state index contributed by atoms with van der Waals surface area (Å²) < 4.78 is 15.6. The predicted octanol–water partition coefficient (Wildman–Crippen LogP) is 2.43. The molecule has 1 aromatic rings. The highest BCUT2D eigenvalue weighted by atomic mass is 32.2. The van der Waals surface area contributed by atoms with E-state index in [0.717, 1.165) is 64.9 Å². The van der Waals surface area contributed by atoms with E-state index in [0.29, 0.717) is 24.5 Å². The summed E-state index contributed by atoms with van der Waals surface area (Å²) in [5, 5.41) is 11.5. The molecule has 2 atom stereocenters. The molecule has 4 heterocycles. The molecule has 0 saturated carbocycles. The number of ether oxygens (including phenoxy) is 2. The summed E-state index contributed by atoms with van der Waals surface area (Å²) in [5.74, 6) is 2.13. The van der Waals surface area contributed by atoms with Crippen molar-refractivity contribution in [2.75, 3.05) is 33.1 Å². The minimum atomic E-state index is 0.291. The lowest BCUT2D eigenvalue weighted by molar-refractivity contribution is 0.101. The molecule has 5 rings (SSSR count). The molecular weight excluding hydrogens is 438 g/mol. The van der Waals surface area contributed by atoms with Crippen LogP contribution in [-0.2, 0) is 11.3 Å². The van der Waals surface area contributed by atoms with E-state index in [4.69, 9.17) is 25.4 Å². The van der Waals surface area contributed by atoms with Crippen LogP contribution in [0.4, 0.5) is 0 Å². The topological polar surface area (TPSA) is 101 Å². The summed E-state index contributed by atoms with van der Waals surface area (Å²) in [6.07, 6.45) is 5.05. The van der Waals surface area contributed by atoms with E-state index in [1.807, 2.05) is 20.0 Å². The van der Waals surface area contributed by atoms with Crippen LogP contribution in [0.1, 0.15) is 36.1 Å². The van der Waals surface area contributed by atoms with Gasteiger partial charge in [0.1, 0.15) is 18.0 Å². The Morgan fingerprint density at radius 2 is 2.09 bits per heavy atom. The Balaban J connectivity index is 1.49. The first kappa shape index (κ1) is 22.4. The second-order valence-corrected chi connectivity index (χ2v) is 9.66. The van der Waals surface area contributed by atoms with Gasteiger partial charge in [-0.05, 0) is 50.8 Å². The lowest BCUT2D eigenvalue weighted by Gasteiger charge is -2.31. The first-order valence-electron chi connectivity index (χ1n) is 11.4. The zero-order valence-corrected chi connectivity index (χ0v) is 20.5. The summed E-state index contributed by atoms with van der Waals surface area (Å²) in [6, 6.07) is 0.725. The van der Waals surface area contributed by atoms with Crippen molar-refractivity contribution in [2.45, 2.75) is 51.7 Å². The highest BCUT2D eigenvalue weighted by Gasteiger charge is 2.43. The summed E-state index contributed by atoms with van der Waals surface area (Å²) in [5.41, 5.74) is 13.5. The van der Waals surface area contributed by atoms with Gasteiger partial charge in [0, 0.05) is 54.3 Å². The van der Waals surface area contributed by atoms with Crippen LogP contribution in [0.3, 0.4) is 0 Å². The second-order valence-electron chi connectivity index (χ2n) is 8.93. The minimum Gasteiger partial charge on any atom is -0.496 e. The van der Waals surface area contributed by atoms with Crippen molar-refractivity contribution in [3.63, 3.8) is 0 Å². The van der Waals surface area contributed by atoms with Crippen LogP contribution in [-0.4, -0.2) is 77.5 Å². The molecule has 1 aliphatic carbocycles. The molecule has 9 nitrogen and oxygen atoms in total. The van der Waals surface area contributed by atoms with Gasteiger partial charge in [-0.1, -0.05) is 0 Å². The number of rotatable bonds is 6. The normalized spacial score (nSPS) is 25.0. The number of likely N-dealkylation sites (tertiary alicyclic amines) is 1. The molecule has 0 bridgehead atoms. The molecule has 0 aromatic carbocycles. The van der Waals surface area contributed by atoms with Crippen molar-refractivity contribution in [1.82, 2.24) is 15.0 Å². The molecule has 4 aliphatic rings. The summed E-state index contributed by atoms with van der Waals surface area (Å²) >= 11 is 1.50. The third kappa shape index (κ3) is 3.94. The van der Waals surface area contributed by atoms with Gasteiger partial charge in [-0.3, -0.25) is 9.88 Å². The number of methoxy groups -OCH3 is 2. The molecule has 33 heavy (non-hydrogen) atoms. The fourth-order valence-corrected chi connectivity index (χ4v) is 6.19. The Morgan fingerprint density at radius 3 is 2.88 bits per heavy atom. The monoisotopic (exact) mass is 469 g/mol. The molecule has 176 valence electrons. The molecule has 1 aromatic heterocycles. The van der Waals surface area contributed by atoms with Gasteiger partial charge in [-0.25, -0.2) is 0 Å². The average Bonchev–Trinajstić information content (AvgIpc) is 3.35. The highest BCUT2D eigenvalue weighted by molar-refractivity contribution is 7.98. The molecule has 1 saturated heterocycles. The van der Waals surface area contributed by atoms with E-state index in [2.05, 4.69) is 14.3 Å². The fourth-order valence-electron chi connectivity index (χ4n) is 5.42. The lowest BCUT2D eigenvalue weighted by atomic mass is 10.0. The van der Waals surface area contributed by atoms with E-state index in [1.165, 1.54) is 30.4 Å². The van der Waals surface area contributed by atoms with Crippen LogP contribution < -0.4 is 10.5 Å². The number of hydrogen-bond donors (Lipinski definition) is 1. The number of nitrogens with two attached hydrogens (primary N) is 1. The first-order chi connectivity index (χ1) is 16.0. The Morgan fingerprint density at radius 1 is 1.24 bits per heavy atom. The fraction of sp³-hybridized carbons (Fsp3) is 0.565. The van der Waals surface area contributed by atoms with Crippen LogP contribution in [0.5, 0.6) is 5.75 Å². The summed E-state index contributed by atoms with van der Waals surface area (Å²) in [4.78, 5) is 7.22. The van der Waals surface area contributed by atoms with Gasteiger partial charge < -0.3 is 15.2 Å². The quantitative estimate of drug-likeness (QED) is 0.639. The molecule has 1 unspecified atom stereocenters. The predicted molar refractivity (Wildman–Crippen MR) is 132 cm³/mol. The van der Waals surface area contributed by atoms with E-state index in [-0.39, 0.29) is 0 Å². The van der Waals surface area contributed by atoms with E-state index in [9.17, 15) is 0 Å². The number of aryl methyl sites for hydroxylation is 1. The number of nitrogens with zero attached hydrogens (tertiary/aromatic N) is 6. The molecule has 0 spiro atoms. The second kappa shape index (κ2) is 9.08. The third-order valence-corrected chi connectivity index (χ3v) is 7.70. The maximum absolute atomic E-state index is 6.38. The molecule has 2 N–H and O–H groups in total. The Hall–Kier alpha value is -2.43. The van der Waals surface area contributed by atoms with Crippen LogP contribution >= 0.6 is 11.9 Å². The minimum absolute atomic E-state index is 0.291. The highest BCUT2D eigenvalue weighted by Crippen LogP contribution is 2.39. The Bertz CT molecular complexity index is 1080. The SMILES string of the molecule is COC[C@@H]1CCCN1C1CC2=NN(Cc3ncc(C)c(OC)c3C)N=C3C(N)=NSCC1=C23. The van der Waals surface area contributed by atoms with Gasteiger partial charge in [0.05, 0.1) is 25.1 Å². The standard InChI is InChI=1S/C23H31N7O2S/c1-13-9-25-18(14(2)22(13)32-4)10-30-26-17-8-19(29-7-5-6-15(29)11-31-3)16-12-33-28-23(24)21(27-30)20(16)17/h9,15,19H,5-8,10-12H2,1-4H3,(H2,24,28)/t15-,19?/m0/s1. The number of aromatic nitrogens is 1. The third-order valence-electron chi connectivity index (χ3n) is 6.94. The van der Waals surface area contributed by atoms with Crippen molar-refractivity contribution in [3.05, 3.63) is 34.2 Å². The first-order valence-corrected chi connectivity index (χ1v) is 12.3. The zero-order chi connectivity index (χ0) is 23.1. The van der Waals surface area contributed by atoms with Crippen LogP contribution in [0.2, 0.25) is 0 Å². The van der Waals surface area contributed by atoms with Crippen molar-refractivity contribution in [3.8, 4) is 5.75 Å². The molecule has 0 radical (unpaired) electrons. The maximum atomic E-state index is 6.38. The van der Waals surface area contributed by atoms with E-state index < -0.39 is 0 Å². The van der Waals surface area contributed by atoms with Crippen molar-refractivity contribution < 1.29 is 9.47 Å². The summed E-state index contributed by atoms with van der Waals surface area (Å²) in [6.45, 7) is 6.29. The van der Waals surface area contributed by atoms with Crippen LogP contribution in [0.25, 0.3) is 0 Å². The maximum Gasteiger partial charge on any atom is 0.160 e. The largest absolute Gasteiger partial charge is 0.496 e. The molecule has 10 heteroatoms. The number of pyridine rings is 1. The molecule has 1 fully saturated rings. The van der Waals surface area contributed by atoms with Gasteiger partial charge in [-0.15, -0.1) is 0 Å². The van der Waals surface area contributed by atoms with Gasteiger partial charge in [0.25, 0.3) is 0 Å². The van der Waals surface area contributed by atoms with E-state index >= 15 is 0 Å². The lowest BCUT2D eigenvalue weighted by Crippen LogP contribution is -2.42. The van der Waals surface area contributed by atoms with Crippen molar-refractivity contribution in [1.29, 1.82) is 0 Å². The van der Waals surface area contributed by atoms with Crippen molar-refractivity contribution >= 4 is 29.2 Å². The smallest absolute Gasteiger partial charge is 0.160 e. The van der Waals surface area contributed by atoms with E-state index in [1.54, 1.807) is 19.3 Å². The average molecular weight is 470 g/mol.